The highest BCUT2D eigenvalue weighted by Crippen LogP contribution is 2.29. The average Bonchev–Trinajstić information content (AvgIpc) is 2.26. The number of nitrogens with one attached hydrogen (secondary N) is 1. The smallest absolute Gasteiger partial charge is 0.247 e. The van der Waals surface area contributed by atoms with E-state index in [0.29, 0.717) is 11.5 Å². The number of allylic oxidation sites excluding steroid dienone is 1. The lowest BCUT2D eigenvalue weighted by atomic mass is 9.83. The molecule has 1 rings (SSSR count). The third-order valence-electron chi connectivity index (χ3n) is 2.75. The van der Waals surface area contributed by atoms with Crippen LogP contribution in [0.2, 0.25) is 0 Å². The van der Waals surface area contributed by atoms with Gasteiger partial charge in [-0.25, -0.2) is 0 Å². The van der Waals surface area contributed by atoms with Gasteiger partial charge < -0.3 is 5.32 Å². The van der Waals surface area contributed by atoms with E-state index in [9.17, 15) is 4.79 Å². The van der Waals surface area contributed by atoms with Gasteiger partial charge in [-0.2, -0.15) is 5.26 Å². The van der Waals surface area contributed by atoms with Crippen molar-refractivity contribution in [2.75, 3.05) is 7.05 Å². The summed E-state index contributed by atoms with van der Waals surface area (Å²) >= 11 is 0. The van der Waals surface area contributed by atoms with Gasteiger partial charge in [-0.05, 0) is 18.8 Å². The van der Waals surface area contributed by atoms with Crippen molar-refractivity contribution < 1.29 is 4.79 Å². The Hall–Kier alpha value is -1.30. The van der Waals surface area contributed by atoms with Crippen molar-refractivity contribution in [2.45, 2.75) is 32.1 Å². The maximum atomic E-state index is 11.5. The van der Waals surface area contributed by atoms with E-state index < -0.39 is 0 Å². The van der Waals surface area contributed by atoms with Crippen molar-refractivity contribution >= 4 is 5.91 Å². The summed E-state index contributed by atoms with van der Waals surface area (Å²) in [6.45, 7) is 0. The molecule has 1 N–H and O–H groups in total. The third-order valence-corrected chi connectivity index (χ3v) is 2.75. The molecule has 76 valence electrons. The van der Waals surface area contributed by atoms with Crippen LogP contribution in [0.1, 0.15) is 32.1 Å². The minimum atomic E-state index is -0.0987. The van der Waals surface area contributed by atoms with Crippen molar-refractivity contribution in [3.05, 3.63) is 11.6 Å². The molecule has 1 amide bonds. The molecule has 0 aromatic carbocycles. The van der Waals surface area contributed by atoms with Crippen LogP contribution >= 0.6 is 0 Å². The Morgan fingerprint density at radius 1 is 1.43 bits per heavy atom. The summed E-state index contributed by atoms with van der Waals surface area (Å²) in [6.07, 6.45) is 7.08. The zero-order valence-electron chi connectivity index (χ0n) is 8.55. The summed E-state index contributed by atoms with van der Waals surface area (Å²) < 4.78 is 0. The topological polar surface area (TPSA) is 52.9 Å². The Labute approximate surface area is 84.8 Å². The van der Waals surface area contributed by atoms with Gasteiger partial charge in [-0.1, -0.05) is 19.3 Å². The SMILES string of the molecule is CNC(=O)/C(=C/C#N)C1CCCCC1. The highest BCUT2D eigenvalue weighted by Gasteiger charge is 2.22. The Morgan fingerprint density at radius 2 is 2.07 bits per heavy atom. The van der Waals surface area contributed by atoms with Gasteiger partial charge in [0.15, 0.2) is 0 Å². The van der Waals surface area contributed by atoms with E-state index in [4.69, 9.17) is 5.26 Å². The summed E-state index contributed by atoms with van der Waals surface area (Å²) in [6, 6.07) is 1.96. The van der Waals surface area contributed by atoms with Crippen LogP contribution in [0, 0.1) is 17.2 Å². The predicted octanol–water partition coefficient (Wildman–Crippen LogP) is 1.76. The molecule has 0 atom stereocenters. The van der Waals surface area contributed by atoms with Crippen LogP contribution in [-0.2, 0) is 4.79 Å². The molecule has 0 unspecified atom stereocenters. The van der Waals surface area contributed by atoms with Gasteiger partial charge in [0, 0.05) is 18.7 Å². The first-order valence-corrected chi connectivity index (χ1v) is 5.11. The van der Waals surface area contributed by atoms with Crippen molar-refractivity contribution in [1.82, 2.24) is 5.32 Å². The molecule has 0 aromatic rings. The molecule has 1 fully saturated rings. The van der Waals surface area contributed by atoms with Gasteiger partial charge in [0.2, 0.25) is 5.91 Å². The van der Waals surface area contributed by atoms with Crippen LogP contribution < -0.4 is 5.32 Å². The van der Waals surface area contributed by atoms with Gasteiger partial charge in [-0.3, -0.25) is 4.79 Å². The second kappa shape index (κ2) is 5.43. The monoisotopic (exact) mass is 192 g/mol. The van der Waals surface area contributed by atoms with Crippen LogP contribution in [-0.4, -0.2) is 13.0 Å². The second-order valence-corrected chi connectivity index (χ2v) is 3.64. The van der Waals surface area contributed by atoms with Crippen LogP contribution in [0.3, 0.4) is 0 Å². The van der Waals surface area contributed by atoms with Gasteiger partial charge in [0.05, 0.1) is 6.07 Å². The van der Waals surface area contributed by atoms with Crippen molar-refractivity contribution in [3.8, 4) is 6.07 Å². The minimum absolute atomic E-state index is 0.0987. The zero-order valence-corrected chi connectivity index (χ0v) is 8.55. The molecule has 3 heteroatoms. The number of nitriles is 1. The largest absolute Gasteiger partial charge is 0.355 e. The zero-order chi connectivity index (χ0) is 10.4. The highest BCUT2D eigenvalue weighted by molar-refractivity contribution is 5.94. The lowest BCUT2D eigenvalue weighted by molar-refractivity contribution is -0.117. The molecular formula is C11H16N2O. The fourth-order valence-electron chi connectivity index (χ4n) is 2.00. The van der Waals surface area contributed by atoms with Crippen molar-refractivity contribution in [1.29, 1.82) is 5.26 Å². The fraction of sp³-hybridized carbons (Fsp3) is 0.636. The summed E-state index contributed by atoms with van der Waals surface area (Å²) in [7, 11) is 1.61. The fourth-order valence-corrected chi connectivity index (χ4v) is 2.00. The number of carbonyl (C=O) groups excluding carboxylic acids is 1. The van der Waals surface area contributed by atoms with E-state index in [1.165, 1.54) is 25.3 Å². The summed E-state index contributed by atoms with van der Waals surface area (Å²) in [5.74, 6) is 0.196. The van der Waals surface area contributed by atoms with Crippen LogP contribution in [0.25, 0.3) is 0 Å². The molecule has 0 aromatic heterocycles. The number of amides is 1. The van der Waals surface area contributed by atoms with E-state index in [1.54, 1.807) is 7.05 Å². The van der Waals surface area contributed by atoms with Gasteiger partial charge in [-0.15, -0.1) is 0 Å². The Kier molecular flexibility index (Phi) is 4.18. The predicted molar refractivity (Wildman–Crippen MR) is 54.3 cm³/mol. The number of carbonyl (C=O) groups is 1. The van der Waals surface area contributed by atoms with Crippen LogP contribution in [0.4, 0.5) is 0 Å². The molecular weight excluding hydrogens is 176 g/mol. The molecule has 14 heavy (non-hydrogen) atoms. The van der Waals surface area contributed by atoms with E-state index in [-0.39, 0.29) is 5.91 Å². The number of hydrogen-bond donors (Lipinski definition) is 1. The third kappa shape index (κ3) is 2.59. The number of rotatable bonds is 2. The van der Waals surface area contributed by atoms with E-state index in [2.05, 4.69) is 5.32 Å². The summed E-state index contributed by atoms with van der Waals surface area (Å²) in [5.41, 5.74) is 0.662. The van der Waals surface area contributed by atoms with Gasteiger partial charge >= 0.3 is 0 Å². The molecule has 1 saturated carbocycles. The first-order valence-electron chi connectivity index (χ1n) is 5.11. The van der Waals surface area contributed by atoms with Gasteiger partial charge in [0.25, 0.3) is 0 Å². The van der Waals surface area contributed by atoms with E-state index >= 15 is 0 Å². The van der Waals surface area contributed by atoms with Crippen molar-refractivity contribution in [3.63, 3.8) is 0 Å². The Morgan fingerprint density at radius 3 is 2.57 bits per heavy atom. The minimum Gasteiger partial charge on any atom is -0.355 e. The maximum absolute atomic E-state index is 11.5. The number of hydrogen-bond acceptors (Lipinski definition) is 2. The molecule has 0 spiro atoms. The lowest BCUT2D eigenvalue weighted by Gasteiger charge is -2.22. The van der Waals surface area contributed by atoms with E-state index in [0.717, 1.165) is 12.8 Å². The Balaban J connectivity index is 2.72. The molecule has 1 aliphatic carbocycles. The highest BCUT2D eigenvalue weighted by atomic mass is 16.1. The number of likely N-dealkylation sites (N-methyl/N-ethyl adjacent to an activating group) is 1. The maximum Gasteiger partial charge on any atom is 0.247 e. The molecule has 0 saturated heterocycles. The quantitative estimate of drug-likeness (QED) is 0.535. The summed E-state index contributed by atoms with van der Waals surface area (Å²) in [4.78, 5) is 11.5. The normalized spacial score (nSPS) is 18.7. The van der Waals surface area contributed by atoms with E-state index in [1.807, 2.05) is 6.07 Å². The first-order chi connectivity index (χ1) is 6.79. The number of nitrogens with zero attached hydrogens (tertiary/aromatic N) is 1. The average molecular weight is 192 g/mol. The van der Waals surface area contributed by atoms with Gasteiger partial charge in [0.1, 0.15) is 0 Å². The molecule has 0 aliphatic heterocycles. The Bertz CT molecular complexity index is 270. The molecule has 0 heterocycles. The van der Waals surface area contributed by atoms with Crippen LogP contribution in [0.5, 0.6) is 0 Å². The molecule has 3 nitrogen and oxygen atoms in total. The molecule has 1 aliphatic rings. The van der Waals surface area contributed by atoms with Crippen molar-refractivity contribution in [2.24, 2.45) is 5.92 Å². The summed E-state index contributed by atoms with van der Waals surface area (Å²) in [5, 5.41) is 11.2. The lowest BCUT2D eigenvalue weighted by Crippen LogP contribution is -2.25. The standard InChI is InChI=1S/C11H16N2O/c1-13-11(14)10(7-8-12)9-5-3-2-4-6-9/h7,9H,2-6H2,1H3,(H,13,14)/b10-7+. The second-order valence-electron chi connectivity index (χ2n) is 3.64. The molecule has 0 bridgehead atoms. The van der Waals surface area contributed by atoms with Crippen LogP contribution in [0.15, 0.2) is 11.6 Å². The molecule has 0 radical (unpaired) electrons. The first kappa shape index (κ1) is 10.8.